The average molecular weight is 281 g/mol. The van der Waals surface area contributed by atoms with Crippen LogP contribution in [0.5, 0.6) is 0 Å². The molecule has 108 valence electrons. The zero-order valence-electron chi connectivity index (χ0n) is 13.3. The first-order valence-corrected chi connectivity index (χ1v) is 8.89. The van der Waals surface area contributed by atoms with E-state index in [1.165, 1.54) is 0 Å². The van der Waals surface area contributed by atoms with E-state index in [0.29, 0.717) is 0 Å². The smallest absolute Gasteiger partial charge is 0.117 e. The summed E-state index contributed by atoms with van der Waals surface area (Å²) in [6, 6.07) is 4.05. The molecule has 0 atom stereocenters. The van der Waals surface area contributed by atoms with Crippen molar-refractivity contribution in [3.8, 4) is 0 Å². The molecule has 1 heterocycles. The van der Waals surface area contributed by atoms with E-state index in [1.807, 2.05) is 18.3 Å². The van der Waals surface area contributed by atoms with Gasteiger partial charge in [0.05, 0.1) is 5.69 Å². The minimum Gasteiger partial charge on any atom is -0.324 e. The molecule has 0 aliphatic carbocycles. The highest BCUT2D eigenvalue weighted by molar-refractivity contribution is 8.29. The summed E-state index contributed by atoms with van der Waals surface area (Å²) in [6.07, 6.45) is 8.07. The molecule has 0 aromatic carbocycles. The molecule has 1 aromatic heterocycles. The monoisotopic (exact) mass is 281 g/mol. The SMILES string of the molecule is C=Cc1ccc(C(C)(C)OS(C)(C)C(C)(C)C)nc1. The van der Waals surface area contributed by atoms with Crippen molar-refractivity contribution in [1.29, 1.82) is 0 Å². The van der Waals surface area contributed by atoms with Crippen LogP contribution in [0.4, 0.5) is 0 Å². The Morgan fingerprint density at radius 3 is 2.11 bits per heavy atom. The molecule has 0 spiro atoms. The van der Waals surface area contributed by atoms with E-state index >= 15 is 0 Å². The van der Waals surface area contributed by atoms with Crippen molar-refractivity contribution in [1.82, 2.24) is 4.98 Å². The molecule has 0 aliphatic rings. The predicted molar refractivity (Wildman–Crippen MR) is 87.6 cm³/mol. The van der Waals surface area contributed by atoms with Crippen molar-refractivity contribution in [2.45, 2.75) is 45.0 Å². The van der Waals surface area contributed by atoms with Crippen molar-refractivity contribution in [2.75, 3.05) is 12.5 Å². The summed E-state index contributed by atoms with van der Waals surface area (Å²) >= 11 is 0. The lowest BCUT2D eigenvalue weighted by Crippen LogP contribution is -2.32. The van der Waals surface area contributed by atoms with Gasteiger partial charge < -0.3 is 4.18 Å². The second-order valence-corrected chi connectivity index (χ2v) is 10.5. The number of aromatic nitrogens is 1. The number of rotatable bonds is 4. The molecule has 0 amide bonds. The van der Waals surface area contributed by atoms with Gasteiger partial charge in [0.1, 0.15) is 5.60 Å². The lowest BCUT2D eigenvalue weighted by atomic mass is 10.0. The summed E-state index contributed by atoms with van der Waals surface area (Å²) in [5.41, 5.74) is 1.61. The molecule has 19 heavy (non-hydrogen) atoms. The highest BCUT2D eigenvalue weighted by Gasteiger charge is 2.36. The average Bonchev–Trinajstić information content (AvgIpc) is 2.26. The van der Waals surface area contributed by atoms with Gasteiger partial charge in [-0.15, -0.1) is 10.3 Å². The van der Waals surface area contributed by atoms with Gasteiger partial charge in [0, 0.05) is 10.9 Å². The first kappa shape index (κ1) is 16.3. The fourth-order valence-corrected chi connectivity index (χ4v) is 2.95. The summed E-state index contributed by atoms with van der Waals surface area (Å²) < 4.78 is 6.59. The Kier molecular flexibility index (Phi) is 4.53. The summed E-state index contributed by atoms with van der Waals surface area (Å²) in [6.45, 7) is 14.6. The summed E-state index contributed by atoms with van der Waals surface area (Å²) in [7, 11) is -1.18. The van der Waals surface area contributed by atoms with Gasteiger partial charge in [0.25, 0.3) is 0 Å². The fraction of sp³-hybridized carbons (Fsp3) is 0.562. The van der Waals surface area contributed by atoms with Gasteiger partial charge >= 0.3 is 0 Å². The fourth-order valence-electron chi connectivity index (χ4n) is 1.57. The third-order valence-corrected chi connectivity index (χ3v) is 7.31. The van der Waals surface area contributed by atoms with E-state index in [1.54, 1.807) is 6.08 Å². The highest BCUT2D eigenvalue weighted by Crippen LogP contribution is 2.57. The summed E-state index contributed by atoms with van der Waals surface area (Å²) in [5, 5.41) is 0. The number of nitrogens with zero attached hydrogens (tertiary/aromatic N) is 1. The molecule has 0 saturated heterocycles. The Balaban J connectivity index is 3.00. The molecule has 0 fully saturated rings. The van der Waals surface area contributed by atoms with Crippen LogP contribution in [-0.2, 0) is 9.78 Å². The van der Waals surface area contributed by atoms with Crippen LogP contribution in [-0.4, -0.2) is 22.2 Å². The van der Waals surface area contributed by atoms with Crippen LogP contribution < -0.4 is 0 Å². The minimum atomic E-state index is -1.18. The molecule has 0 unspecified atom stereocenters. The zero-order chi connectivity index (χ0) is 14.9. The van der Waals surface area contributed by atoms with Crippen molar-refractivity contribution in [3.63, 3.8) is 0 Å². The lowest BCUT2D eigenvalue weighted by molar-refractivity contribution is 0.123. The highest BCUT2D eigenvalue weighted by atomic mass is 32.3. The van der Waals surface area contributed by atoms with Crippen LogP contribution in [0.1, 0.15) is 45.9 Å². The normalized spacial score (nSPS) is 14.3. The van der Waals surface area contributed by atoms with Crippen molar-refractivity contribution >= 4 is 16.4 Å². The van der Waals surface area contributed by atoms with Gasteiger partial charge in [-0.05, 0) is 38.0 Å². The van der Waals surface area contributed by atoms with E-state index < -0.39 is 10.3 Å². The van der Waals surface area contributed by atoms with Crippen LogP contribution in [0.3, 0.4) is 0 Å². The van der Waals surface area contributed by atoms with Crippen molar-refractivity contribution < 1.29 is 4.18 Å². The maximum absolute atomic E-state index is 6.44. The number of hydrogen-bond acceptors (Lipinski definition) is 2. The maximum Gasteiger partial charge on any atom is 0.117 e. The maximum atomic E-state index is 6.44. The lowest BCUT2D eigenvalue weighted by Gasteiger charge is -2.48. The van der Waals surface area contributed by atoms with Crippen LogP contribution in [0.15, 0.2) is 24.9 Å². The molecule has 0 bridgehead atoms. The third-order valence-electron chi connectivity index (χ3n) is 3.53. The second-order valence-electron chi connectivity index (χ2n) is 6.62. The van der Waals surface area contributed by atoms with E-state index in [2.05, 4.69) is 58.7 Å². The Morgan fingerprint density at radius 2 is 1.74 bits per heavy atom. The standard InChI is InChI=1S/C16H27NOS/c1-9-13-10-11-14(17-12-13)16(5,6)18-19(7,8)15(2,3)4/h9-12H,1H2,2-8H3. The predicted octanol–water partition coefficient (Wildman–Crippen LogP) is 4.75. The quantitative estimate of drug-likeness (QED) is 0.794. The largest absolute Gasteiger partial charge is 0.324 e. The van der Waals surface area contributed by atoms with Gasteiger partial charge in [-0.2, -0.15) is 0 Å². The summed E-state index contributed by atoms with van der Waals surface area (Å²) in [4.78, 5) is 4.50. The van der Waals surface area contributed by atoms with Crippen LogP contribution in [0.2, 0.25) is 0 Å². The van der Waals surface area contributed by atoms with Crippen LogP contribution >= 0.6 is 10.3 Å². The first-order chi connectivity index (χ1) is 8.49. The van der Waals surface area contributed by atoms with Crippen molar-refractivity contribution in [2.24, 2.45) is 0 Å². The molecule has 0 N–H and O–H groups in total. The molecular weight excluding hydrogens is 254 g/mol. The molecule has 2 nitrogen and oxygen atoms in total. The van der Waals surface area contributed by atoms with Gasteiger partial charge in [0.15, 0.2) is 0 Å². The summed E-state index contributed by atoms with van der Waals surface area (Å²) in [5.74, 6) is 0. The molecule has 1 rings (SSSR count). The molecule has 1 aromatic rings. The number of pyridine rings is 1. The number of hydrogen-bond donors (Lipinski definition) is 0. The van der Waals surface area contributed by atoms with Gasteiger partial charge in [0.2, 0.25) is 0 Å². The Hall–Kier alpha value is -0.800. The van der Waals surface area contributed by atoms with Gasteiger partial charge in [-0.25, -0.2) is 0 Å². The molecular formula is C16H27NOS. The Morgan fingerprint density at radius 1 is 1.16 bits per heavy atom. The van der Waals surface area contributed by atoms with E-state index in [4.69, 9.17) is 4.18 Å². The minimum absolute atomic E-state index is 0.144. The molecule has 0 aliphatic heterocycles. The van der Waals surface area contributed by atoms with Gasteiger partial charge in [-0.1, -0.05) is 39.5 Å². The second kappa shape index (κ2) is 5.29. The Labute approximate surface area is 119 Å². The van der Waals surface area contributed by atoms with Gasteiger partial charge in [-0.3, -0.25) is 4.98 Å². The van der Waals surface area contributed by atoms with Crippen LogP contribution in [0.25, 0.3) is 6.08 Å². The van der Waals surface area contributed by atoms with Crippen molar-refractivity contribution in [3.05, 3.63) is 36.2 Å². The first-order valence-electron chi connectivity index (χ1n) is 6.52. The molecule has 3 heteroatoms. The van der Waals surface area contributed by atoms with E-state index in [0.717, 1.165) is 11.3 Å². The van der Waals surface area contributed by atoms with Crippen LogP contribution in [0, 0.1) is 0 Å². The Bertz CT molecular complexity index is 441. The van der Waals surface area contributed by atoms with E-state index in [-0.39, 0.29) is 10.3 Å². The molecule has 0 saturated carbocycles. The zero-order valence-corrected chi connectivity index (χ0v) is 14.1. The third kappa shape index (κ3) is 3.83. The topological polar surface area (TPSA) is 22.1 Å². The van der Waals surface area contributed by atoms with E-state index in [9.17, 15) is 0 Å². The molecule has 0 radical (unpaired) electrons.